The van der Waals surface area contributed by atoms with E-state index in [1.807, 2.05) is 37.3 Å². The number of carbonyl (C=O) groups excluding carboxylic acids is 1. The minimum atomic E-state index is -4.36. The molecule has 0 aliphatic heterocycles. The molecule has 0 aliphatic rings. The molecule has 2 aromatic carbocycles. The molecule has 1 N–H and O–H groups in total. The molecular weight excluding hydrogens is 303 g/mol. The second-order valence-corrected chi connectivity index (χ2v) is 5.09. The highest BCUT2D eigenvalue weighted by Crippen LogP contribution is 2.29. The van der Waals surface area contributed by atoms with Gasteiger partial charge < -0.3 is 5.32 Å². The van der Waals surface area contributed by atoms with Crippen LogP contribution in [0.15, 0.2) is 60.7 Å². The molecule has 1 atom stereocenters. The lowest BCUT2D eigenvalue weighted by atomic mass is 10.1. The number of amides is 1. The van der Waals surface area contributed by atoms with Crippen molar-refractivity contribution in [2.45, 2.75) is 19.1 Å². The largest absolute Gasteiger partial charge is 0.416 e. The summed E-state index contributed by atoms with van der Waals surface area (Å²) in [6.45, 7) is 1.86. The van der Waals surface area contributed by atoms with Gasteiger partial charge in [0.05, 0.1) is 11.6 Å². The fourth-order valence-corrected chi connectivity index (χ4v) is 2.04. The number of hydrogen-bond acceptors (Lipinski definition) is 1. The molecule has 0 radical (unpaired) electrons. The number of halogens is 3. The third-order valence-corrected chi connectivity index (χ3v) is 3.32. The van der Waals surface area contributed by atoms with Gasteiger partial charge in [0.1, 0.15) is 0 Å². The molecule has 0 spiro atoms. The maximum absolute atomic E-state index is 12.5. The van der Waals surface area contributed by atoms with Crippen LogP contribution in [-0.2, 0) is 11.0 Å². The van der Waals surface area contributed by atoms with E-state index in [4.69, 9.17) is 0 Å². The molecule has 0 unspecified atom stereocenters. The molecule has 0 heterocycles. The number of rotatable bonds is 4. The standard InChI is InChI=1S/C18H16F3NO/c1-13(15-5-3-2-4-6-15)22-17(23)12-9-14-7-10-16(11-8-14)18(19,20)21/h2-13H,1H3,(H,22,23)/b12-9+/t13-/m1/s1. The molecule has 5 heteroatoms. The zero-order valence-corrected chi connectivity index (χ0v) is 12.5. The van der Waals surface area contributed by atoms with E-state index in [9.17, 15) is 18.0 Å². The molecule has 2 rings (SSSR count). The third-order valence-electron chi connectivity index (χ3n) is 3.32. The molecule has 0 aromatic heterocycles. The fraction of sp³-hybridized carbons (Fsp3) is 0.167. The average molecular weight is 319 g/mol. The highest BCUT2D eigenvalue weighted by Gasteiger charge is 2.29. The molecule has 1 amide bonds. The van der Waals surface area contributed by atoms with Crippen LogP contribution in [0.25, 0.3) is 6.08 Å². The maximum atomic E-state index is 12.5. The smallest absolute Gasteiger partial charge is 0.346 e. The quantitative estimate of drug-likeness (QED) is 0.820. The van der Waals surface area contributed by atoms with Crippen LogP contribution >= 0.6 is 0 Å². The van der Waals surface area contributed by atoms with Gasteiger partial charge >= 0.3 is 6.18 Å². The van der Waals surface area contributed by atoms with Crippen molar-refractivity contribution in [3.63, 3.8) is 0 Å². The number of nitrogens with one attached hydrogen (secondary N) is 1. The van der Waals surface area contributed by atoms with E-state index in [1.54, 1.807) is 0 Å². The first kappa shape index (κ1) is 16.8. The van der Waals surface area contributed by atoms with Gasteiger partial charge in [-0.1, -0.05) is 42.5 Å². The molecule has 2 aromatic rings. The van der Waals surface area contributed by atoms with Gasteiger partial charge in [0.25, 0.3) is 0 Å². The lowest BCUT2D eigenvalue weighted by Gasteiger charge is -2.12. The van der Waals surface area contributed by atoms with Gasteiger partial charge in [0.2, 0.25) is 5.91 Å². The summed E-state index contributed by atoms with van der Waals surface area (Å²) in [5.74, 6) is -0.304. The molecule has 0 fully saturated rings. The van der Waals surface area contributed by atoms with Crippen LogP contribution in [0.4, 0.5) is 13.2 Å². The lowest BCUT2D eigenvalue weighted by Crippen LogP contribution is -2.24. The van der Waals surface area contributed by atoms with Crippen molar-refractivity contribution in [1.29, 1.82) is 0 Å². The van der Waals surface area contributed by atoms with Gasteiger partial charge in [-0.3, -0.25) is 4.79 Å². The van der Waals surface area contributed by atoms with E-state index in [1.165, 1.54) is 24.3 Å². The molecule has 0 saturated carbocycles. The maximum Gasteiger partial charge on any atom is 0.416 e. The summed E-state index contributed by atoms with van der Waals surface area (Å²) in [6, 6.07) is 14.0. The Morgan fingerprint density at radius 1 is 1.04 bits per heavy atom. The molecule has 0 aliphatic carbocycles. The summed E-state index contributed by atoms with van der Waals surface area (Å²) in [4.78, 5) is 11.8. The fourth-order valence-electron chi connectivity index (χ4n) is 2.04. The SMILES string of the molecule is C[C@@H](NC(=O)/C=C/c1ccc(C(F)(F)F)cc1)c1ccccc1. The Morgan fingerprint density at radius 3 is 2.22 bits per heavy atom. The van der Waals surface area contributed by atoms with Crippen LogP contribution in [0.2, 0.25) is 0 Å². The van der Waals surface area contributed by atoms with Crippen molar-refractivity contribution < 1.29 is 18.0 Å². The van der Waals surface area contributed by atoms with Crippen molar-refractivity contribution in [3.8, 4) is 0 Å². The Kier molecular flexibility index (Phi) is 5.21. The van der Waals surface area contributed by atoms with Gasteiger partial charge in [-0.25, -0.2) is 0 Å². The zero-order chi connectivity index (χ0) is 16.9. The summed E-state index contributed by atoms with van der Waals surface area (Å²) in [5, 5.41) is 2.80. The Labute approximate surface area is 132 Å². The first-order chi connectivity index (χ1) is 10.9. The van der Waals surface area contributed by atoms with Crippen molar-refractivity contribution in [2.24, 2.45) is 0 Å². The van der Waals surface area contributed by atoms with E-state index >= 15 is 0 Å². The zero-order valence-electron chi connectivity index (χ0n) is 12.5. The highest BCUT2D eigenvalue weighted by atomic mass is 19.4. The molecule has 0 saturated heterocycles. The first-order valence-corrected chi connectivity index (χ1v) is 7.07. The van der Waals surface area contributed by atoms with Crippen molar-refractivity contribution >= 4 is 12.0 Å². The topological polar surface area (TPSA) is 29.1 Å². The molecule has 0 bridgehead atoms. The summed E-state index contributed by atoms with van der Waals surface area (Å²) < 4.78 is 37.4. The van der Waals surface area contributed by atoms with Gasteiger partial charge in [-0.2, -0.15) is 13.2 Å². The monoisotopic (exact) mass is 319 g/mol. The predicted molar refractivity (Wildman–Crippen MR) is 83.5 cm³/mol. The number of carbonyl (C=O) groups is 1. The lowest BCUT2D eigenvalue weighted by molar-refractivity contribution is -0.137. The van der Waals surface area contributed by atoms with Gasteiger partial charge in [0, 0.05) is 6.08 Å². The number of benzene rings is 2. The highest BCUT2D eigenvalue weighted by molar-refractivity contribution is 5.91. The molecule has 23 heavy (non-hydrogen) atoms. The van der Waals surface area contributed by atoms with E-state index in [2.05, 4.69) is 5.32 Å². The molecule has 2 nitrogen and oxygen atoms in total. The van der Waals surface area contributed by atoms with Crippen LogP contribution in [0, 0.1) is 0 Å². The molecule has 120 valence electrons. The summed E-state index contributed by atoms with van der Waals surface area (Å²) in [7, 11) is 0. The molecular formula is C18H16F3NO. The van der Waals surface area contributed by atoms with Crippen LogP contribution < -0.4 is 5.32 Å². The van der Waals surface area contributed by atoms with E-state index < -0.39 is 11.7 Å². The van der Waals surface area contributed by atoms with Crippen LogP contribution in [0.5, 0.6) is 0 Å². The normalized spacial score (nSPS) is 13.0. The van der Waals surface area contributed by atoms with E-state index in [0.29, 0.717) is 5.56 Å². The second kappa shape index (κ2) is 7.13. The minimum Gasteiger partial charge on any atom is -0.346 e. The third kappa shape index (κ3) is 4.98. The van der Waals surface area contributed by atoms with Crippen LogP contribution in [0.3, 0.4) is 0 Å². The Morgan fingerprint density at radius 2 is 1.65 bits per heavy atom. The van der Waals surface area contributed by atoms with Crippen LogP contribution in [0.1, 0.15) is 29.7 Å². The minimum absolute atomic E-state index is 0.152. The van der Waals surface area contributed by atoms with E-state index in [0.717, 1.165) is 17.7 Å². The number of hydrogen-bond donors (Lipinski definition) is 1. The van der Waals surface area contributed by atoms with Crippen molar-refractivity contribution in [2.75, 3.05) is 0 Å². The predicted octanol–water partition coefficient (Wildman–Crippen LogP) is 4.60. The van der Waals surface area contributed by atoms with Gasteiger partial charge in [-0.15, -0.1) is 0 Å². The number of alkyl halides is 3. The summed E-state index contributed by atoms with van der Waals surface area (Å²) >= 11 is 0. The second-order valence-electron chi connectivity index (χ2n) is 5.09. The summed E-state index contributed by atoms with van der Waals surface area (Å²) in [6.07, 6.45) is -1.57. The first-order valence-electron chi connectivity index (χ1n) is 7.07. The van der Waals surface area contributed by atoms with Crippen molar-refractivity contribution in [1.82, 2.24) is 5.32 Å². The van der Waals surface area contributed by atoms with Gasteiger partial charge in [-0.05, 0) is 36.3 Å². The Balaban J connectivity index is 1.96. The Hall–Kier alpha value is -2.56. The average Bonchev–Trinajstić information content (AvgIpc) is 2.53. The Bertz CT molecular complexity index is 676. The van der Waals surface area contributed by atoms with Gasteiger partial charge in [0.15, 0.2) is 0 Å². The van der Waals surface area contributed by atoms with Crippen LogP contribution in [-0.4, -0.2) is 5.91 Å². The summed E-state index contributed by atoms with van der Waals surface area (Å²) in [5.41, 5.74) is 0.793. The van der Waals surface area contributed by atoms with Crippen molar-refractivity contribution in [3.05, 3.63) is 77.4 Å². The van der Waals surface area contributed by atoms with E-state index in [-0.39, 0.29) is 11.9 Å².